The molecule has 0 radical (unpaired) electrons. The van der Waals surface area contributed by atoms with Crippen molar-refractivity contribution in [2.75, 3.05) is 33.9 Å². The number of carbonyl (C=O) groups excluding carboxylic acids is 2. The second-order valence-electron chi connectivity index (χ2n) is 6.56. The van der Waals surface area contributed by atoms with Crippen molar-refractivity contribution in [3.05, 3.63) is 59.7 Å². The van der Waals surface area contributed by atoms with Gasteiger partial charge >= 0.3 is 0 Å². The summed E-state index contributed by atoms with van der Waals surface area (Å²) in [6.07, 6.45) is 0. The first-order chi connectivity index (χ1) is 13.0. The molecule has 0 spiro atoms. The molecular formula is C21H24N2O4. The summed E-state index contributed by atoms with van der Waals surface area (Å²) in [6.45, 7) is 3.44. The predicted octanol–water partition coefficient (Wildman–Crippen LogP) is 2.69. The molecule has 3 rings (SSSR count). The highest BCUT2D eigenvalue weighted by molar-refractivity contribution is 5.96. The minimum atomic E-state index is -0.0768. The number of hydrogen-bond donors (Lipinski definition) is 0. The van der Waals surface area contributed by atoms with Crippen LogP contribution in [0.4, 0.5) is 0 Å². The summed E-state index contributed by atoms with van der Waals surface area (Å²) < 4.78 is 10.4. The first-order valence-electron chi connectivity index (χ1n) is 8.92. The number of methoxy groups -OCH3 is 2. The SMILES string of the molecule is COc1cccc(C(=O)N2CCN(C(=O)c3cccc(OC)c3)[C@@H](C)C2)c1. The van der Waals surface area contributed by atoms with E-state index in [1.54, 1.807) is 55.5 Å². The minimum Gasteiger partial charge on any atom is -0.497 e. The van der Waals surface area contributed by atoms with Gasteiger partial charge in [0.05, 0.1) is 14.2 Å². The molecule has 1 aliphatic heterocycles. The van der Waals surface area contributed by atoms with Crippen LogP contribution in [0.1, 0.15) is 27.6 Å². The third-order valence-corrected chi connectivity index (χ3v) is 4.81. The monoisotopic (exact) mass is 368 g/mol. The topological polar surface area (TPSA) is 59.1 Å². The van der Waals surface area contributed by atoms with Gasteiger partial charge in [0.1, 0.15) is 11.5 Å². The molecule has 1 atom stereocenters. The van der Waals surface area contributed by atoms with Crippen molar-refractivity contribution in [1.29, 1.82) is 0 Å². The molecule has 27 heavy (non-hydrogen) atoms. The van der Waals surface area contributed by atoms with Crippen LogP contribution in [0, 0.1) is 0 Å². The fourth-order valence-corrected chi connectivity index (χ4v) is 3.30. The van der Waals surface area contributed by atoms with E-state index >= 15 is 0 Å². The van der Waals surface area contributed by atoms with Gasteiger partial charge in [-0.1, -0.05) is 12.1 Å². The van der Waals surface area contributed by atoms with Crippen LogP contribution in [0.5, 0.6) is 11.5 Å². The molecule has 142 valence electrons. The zero-order valence-electron chi connectivity index (χ0n) is 15.8. The zero-order valence-corrected chi connectivity index (χ0v) is 15.8. The van der Waals surface area contributed by atoms with Crippen molar-refractivity contribution < 1.29 is 19.1 Å². The molecule has 0 unspecified atom stereocenters. The summed E-state index contributed by atoms with van der Waals surface area (Å²) in [5.74, 6) is 1.21. The second-order valence-corrected chi connectivity index (χ2v) is 6.56. The number of amides is 2. The van der Waals surface area contributed by atoms with Crippen molar-refractivity contribution >= 4 is 11.8 Å². The van der Waals surface area contributed by atoms with E-state index in [2.05, 4.69) is 0 Å². The largest absolute Gasteiger partial charge is 0.497 e. The molecule has 2 aromatic rings. The van der Waals surface area contributed by atoms with E-state index in [4.69, 9.17) is 9.47 Å². The van der Waals surface area contributed by atoms with Gasteiger partial charge in [-0.15, -0.1) is 0 Å². The zero-order chi connectivity index (χ0) is 19.4. The third-order valence-electron chi connectivity index (χ3n) is 4.81. The molecular weight excluding hydrogens is 344 g/mol. The van der Waals surface area contributed by atoms with Crippen LogP contribution in [0.15, 0.2) is 48.5 Å². The minimum absolute atomic E-state index is 0.0464. The molecule has 0 aliphatic carbocycles. The molecule has 6 heteroatoms. The summed E-state index contributed by atoms with van der Waals surface area (Å²) in [5.41, 5.74) is 1.18. The molecule has 1 aliphatic rings. The molecule has 0 N–H and O–H groups in total. The molecule has 1 fully saturated rings. The second kappa shape index (κ2) is 8.12. The highest BCUT2D eigenvalue weighted by Gasteiger charge is 2.30. The van der Waals surface area contributed by atoms with Gasteiger partial charge in [0.2, 0.25) is 0 Å². The van der Waals surface area contributed by atoms with Crippen molar-refractivity contribution in [2.24, 2.45) is 0 Å². The number of hydrogen-bond acceptors (Lipinski definition) is 4. The highest BCUT2D eigenvalue weighted by atomic mass is 16.5. The lowest BCUT2D eigenvalue weighted by Gasteiger charge is -2.40. The molecule has 0 saturated carbocycles. The molecule has 2 aromatic carbocycles. The Morgan fingerprint density at radius 1 is 0.889 bits per heavy atom. The lowest BCUT2D eigenvalue weighted by molar-refractivity contribution is 0.0414. The Morgan fingerprint density at radius 2 is 1.44 bits per heavy atom. The van der Waals surface area contributed by atoms with E-state index in [9.17, 15) is 9.59 Å². The van der Waals surface area contributed by atoms with Crippen molar-refractivity contribution in [2.45, 2.75) is 13.0 Å². The quantitative estimate of drug-likeness (QED) is 0.833. The Balaban J connectivity index is 1.69. The molecule has 6 nitrogen and oxygen atoms in total. The molecule has 1 saturated heterocycles. The maximum Gasteiger partial charge on any atom is 0.254 e. The van der Waals surface area contributed by atoms with Gasteiger partial charge in [-0.05, 0) is 43.3 Å². The van der Waals surface area contributed by atoms with Crippen LogP contribution < -0.4 is 9.47 Å². The average molecular weight is 368 g/mol. The van der Waals surface area contributed by atoms with Crippen LogP contribution in [0.3, 0.4) is 0 Å². The maximum absolute atomic E-state index is 12.9. The maximum atomic E-state index is 12.9. The highest BCUT2D eigenvalue weighted by Crippen LogP contribution is 2.20. The van der Waals surface area contributed by atoms with Gasteiger partial charge in [0.25, 0.3) is 11.8 Å². The van der Waals surface area contributed by atoms with Gasteiger partial charge in [-0.25, -0.2) is 0 Å². The normalized spacial score (nSPS) is 16.8. The number of rotatable bonds is 4. The van der Waals surface area contributed by atoms with Gasteiger partial charge in [0, 0.05) is 36.8 Å². The van der Waals surface area contributed by atoms with Gasteiger partial charge < -0.3 is 19.3 Å². The first kappa shape index (κ1) is 18.8. The Morgan fingerprint density at radius 3 is 1.96 bits per heavy atom. The fraction of sp³-hybridized carbons (Fsp3) is 0.333. The van der Waals surface area contributed by atoms with Crippen LogP contribution in [-0.2, 0) is 0 Å². The van der Waals surface area contributed by atoms with E-state index in [1.807, 2.05) is 24.0 Å². The standard InChI is InChI=1S/C21H24N2O4/c1-15-14-22(20(24)16-6-4-8-18(12-16)26-2)10-11-23(15)21(25)17-7-5-9-19(13-17)27-3/h4-9,12-13,15H,10-11,14H2,1-3H3/t15-/m0/s1. The van der Waals surface area contributed by atoms with E-state index < -0.39 is 0 Å². The van der Waals surface area contributed by atoms with E-state index in [1.165, 1.54) is 0 Å². The average Bonchev–Trinajstić information content (AvgIpc) is 2.72. The Hall–Kier alpha value is -3.02. The lowest BCUT2D eigenvalue weighted by atomic mass is 10.1. The predicted molar refractivity (Wildman–Crippen MR) is 102 cm³/mol. The van der Waals surface area contributed by atoms with E-state index in [-0.39, 0.29) is 17.9 Å². The number of carbonyl (C=O) groups is 2. The van der Waals surface area contributed by atoms with Crippen LogP contribution in [0.2, 0.25) is 0 Å². The third kappa shape index (κ3) is 4.05. The molecule has 1 heterocycles. The van der Waals surface area contributed by atoms with Crippen LogP contribution in [0.25, 0.3) is 0 Å². The lowest BCUT2D eigenvalue weighted by Crippen LogP contribution is -2.55. The number of benzene rings is 2. The van der Waals surface area contributed by atoms with E-state index in [0.29, 0.717) is 42.3 Å². The van der Waals surface area contributed by atoms with Gasteiger partial charge in [-0.2, -0.15) is 0 Å². The van der Waals surface area contributed by atoms with Crippen molar-refractivity contribution in [1.82, 2.24) is 9.80 Å². The fourth-order valence-electron chi connectivity index (χ4n) is 3.30. The molecule has 0 bridgehead atoms. The number of nitrogens with zero attached hydrogens (tertiary/aromatic N) is 2. The smallest absolute Gasteiger partial charge is 0.254 e. The van der Waals surface area contributed by atoms with Crippen molar-refractivity contribution in [3.8, 4) is 11.5 Å². The van der Waals surface area contributed by atoms with Crippen LogP contribution in [-0.4, -0.2) is 61.5 Å². The summed E-state index contributed by atoms with van der Waals surface area (Å²) in [4.78, 5) is 29.2. The van der Waals surface area contributed by atoms with Gasteiger partial charge in [0.15, 0.2) is 0 Å². The number of piperazine rings is 1. The summed E-state index contributed by atoms with van der Waals surface area (Å²) in [7, 11) is 3.16. The van der Waals surface area contributed by atoms with Gasteiger partial charge in [-0.3, -0.25) is 9.59 Å². The van der Waals surface area contributed by atoms with E-state index in [0.717, 1.165) is 0 Å². The molecule has 2 amide bonds. The Bertz CT molecular complexity index is 836. The Kier molecular flexibility index (Phi) is 5.64. The molecule has 0 aromatic heterocycles. The van der Waals surface area contributed by atoms with Crippen LogP contribution >= 0.6 is 0 Å². The summed E-state index contributed by atoms with van der Waals surface area (Å²) in [6, 6.07) is 14.2. The number of ether oxygens (including phenoxy) is 2. The summed E-state index contributed by atoms with van der Waals surface area (Å²) in [5, 5.41) is 0. The van der Waals surface area contributed by atoms with Crippen molar-refractivity contribution in [3.63, 3.8) is 0 Å². The first-order valence-corrected chi connectivity index (χ1v) is 8.92. The Labute approximate surface area is 159 Å². The summed E-state index contributed by atoms with van der Waals surface area (Å²) >= 11 is 0.